The lowest BCUT2D eigenvalue weighted by molar-refractivity contribution is 0.544. The molecule has 0 aliphatic carbocycles. The summed E-state index contributed by atoms with van der Waals surface area (Å²) in [6, 6.07) is 30.5. The van der Waals surface area contributed by atoms with Crippen molar-refractivity contribution in [2.24, 2.45) is 5.92 Å². The molecule has 2 heteroatoms. The van der Waals surface area contributed by atoms with Crippen molar-refractivity contribution in [2.75, 3.05) is 0 Å². The van der Waals surface area contributed by atoms with Crippen LogP contribution >= 0.6 is 11.3 Å². The summed E-state index contributed by atoms with van der Waals surface area (Å²) in [6.07, 6.45) is 10.9. The van der Waals surface area contributed by atoms with Crippen molar-refractivity contribution in [3.8, 4) is 27.4 Å². The van der Waals surface area contributed by atoms with E-state index in [2.05, 4.69) is 143 Å². The third-order valence-corrected chi connectivity index (χ3v) is 9.07. The molecule has 0 aliphatic rings. The zero-order valence-corrected chi connectivity index (χ0v) is 26.3. The minimum Gasteiger partial charge on any atom is -0.309 e. The molecular weight excluding hydrogens is 515 g/mol. The molecule has 5 rings (SSSR count). The fraction of sp³-hybridized carbons (Fsp3) is 0.231. The molecule has 0 aliphatic heterocycles. The maximum atomic E-state index is 4.43. The predicted octanol–water partition coefficient (Wildman–Crippen LogP) is 12.2. The van der Waals surface area contributed by atoms with E-state index in [1.54, 1.807) is 0 Å². The van der Waals surface area contributed by atoms with Crippen LogP contribution in [0.4, 0.5) is 0 Å². The van der Waals surface area contributed by atoms with Crippen LogP contribution in [0.3, 0.4) is 0 Å². The van der Waals surface area contributed by atoms with Crippen molar-refractivity contribution < 1.29 is 0 Å². The lowest BCUT2D eigenvalue weighted by Gasteiger charge is -2.15. The average molecular weight is 558 g/mol. The molecule has 5 aromatic rings. The number of aromatic nitrogens is 1. The number of nitrogens with zero attached hydrogens (tertiary/aromatic N) is 1. The van der Waals surface area contributed by atoms with Gasteiger partial charge >= 0.3 is 0 Å². The van der Waals surface area contributed by atoms with Crippen LogP contribution in [0.15, 0.2) is 116 Å². The quantitative estimate of drug-likeness (QED) is 0.167. The number of hydrogen-bond donors (Lipinski definition) is 0. The highest BCUT2D eigenvalue weighted by Gasteiger charge is 2.21. The highest BCUT2D eigenvalue weighted by Crippen LogP contribution is 2.39. The summed E-state index contributed by atoms with van der Waals surface area (Å²) in [6.45, 7) is 17.6. The number of thiophene rings is 1. The van der Waals surface area contributed by atoms with Crippen molar-refractivity contribution in [2.45, 2.75) is 54.4 Å². The van der Waals surface area contributed by atoms with E-state index in [0.717, 1.165) is 22.9 Å². The zero-order chi connectivity index (χ0) is 29.4. The Hall–Kier alpha value is -3.88. The minimum atomic E-state index is 0.935. The lowest BCUT2D eigenvalue weighted by atomic mass is 10.0. The summed E-state index contributed by atoms with van der Waals surface area (Å²) in [5.74, 6) is 0.935. The van der Waals surface area contributed by atoms with Gasteiger partial charge in [0, 0.05) is 15.3 Å². The van der Waals surface area contributed by atoms with Crippen molar-refractivity contribution in [1.29, 1.82) is 0 Å². The molecule has 0 fully saturated rings. The largest absolute Gasteiger partial charge is 0.309 e. The van der Waals surface area contributed by atoms with Crippen LogP contribution < -0.4 is 0 Å². The van der Waals surface area contributed by atoms with Crippen LogP contribution in [0.1, 0.15) is 57.4 Å². The molecule has 2 heterocycles. The van der Waals surface area contributed by atoms with E-state index in [-0.39, 0.29) is 0 Å². The summed E-state index contributed by atoms with van der Waals surface area (Å²) < 4.78 is 3.69. The van der Waals surface area contributed by atoms with Gasteiger partial charge in [-0.1, -0.05) is 125 Å². The van der Waals surface area contributed by atoms with E-state index in [9.17, 15) is 0 Å². The topological polar surface area (TPSA) is 4.93 Å². The van der Waals surface area contributed by atoms with E-state index in [1.807, 2.05) is 30.4 Å². The molecule has 0 N–H and O–H groups in total. The van der Waals surface area contributed by atoms with Gasteiger partial charge in [0.1, 0.15) is 0 Å². The molecule has 2 aromatic heterocycles. The van der Waals surface area contributed by atoms with Gasteiger partial charge in [-0.2, -0.15) is 0 Å². The van der Waals surface area contributed by atoms with Gasteiger partial charge in [-0.05, 0) is 84.2 Å². The Morgan fingerprint density at radius 2 is 1.46 bits per heavy atom. The van der Waals surface area contributed by atoms with E-state index in [4.69, 9.17) is 0 Å². The van der Waals surface area contributed by atoms with Gasteiger partial charge in [-0.3, -0.25) is 0 Å². The first kappa shape index (κ1) is 30.1. The molecule has 0 saturated carbocycles. The maximum Gasteiger partial charge on any atom is 0.0566 e. The molecule has 0 atom stereocenters. The van der Waals surface area contributed by atoms with E-state index >= 15 is 0 Å². The molecular formula is C39H43NS. The summed E-state index contributed by atoms with van der Waals surface area (Å²) in [5.41, 5.74) is 9.50. The van der Waals surface area contributed by atoms with Gasteiger partial charge in [0.25, 0.3) is 0 Å². The van der Waals surface area contributed by atoms with Gasteiger partial charge < -0.3 is 4.57 Å². The molecule has 3 aromatic carbocycles. The monoisotopic (exact) mass is 557 g/mol. The summed E-state index contributed by atoms with van der Waals surface area (Å²) in [4.78, 5) is 1.30. The highest BCUT2D eigenvalue weighted by molar-refractivity contribution is 7.22. The smallest absolute Gasteiger partial charge is 0.0566 e. The second-order valence-electron chi connectivity index (χ2n) is 10.7. The SMILES string of the molecule is C=C(/C=C\C=C/C)c1c(C)c(C)c(-c2ccc(-c3cc4ccccc4s3)cc2)n1-c1ccccc1.CCC(C)CC. The standard InChI is InChI=1S/C33H29NS.C6H14/c1-5-6-8-13-23(2)32-24(3)25(4)33(34(32)29-15-9-7-10-16-29)27-20-18-26(19-21-27)31-22-28-14-11-12-17-30(28)35-31;1-4-6(3)5-2/h5-22H,2H2,1,3-4H3;6H,4-5H2,1-3H3/b6-5-,13-8-;. The predicted molar refractivity (Wildman–Crippen MR) is 184 cm³/mol. The Morgan fingerprint density at radius 1 is 0.829 bits per heavy atom. The second-order valence-corrected chi connectivity index (χ2v) is 11.8. The first-order valence-corrected chi connectivity index (χ1v) is 15.6. The molecule has 0 bridgehead atoms. The molecule has 0 spiro atoms. The van der Waals surface area contributed by atoms with Gasteiger partial charge in [0.2, 0.25) is 0 Å². The molecule has 0 radical (unpaired) electrons. The van der Waals surface area contributed by atoms with Crippen molar-refractivity contribution in [3.05, 3.63) is 133 Å². The second kappa shape index (κ2) is 14.1. The molecule has 1 nitrogen and oxygen atoms in total. The number of benzene rings is 3. The normalized spacial score (nSPS) is 11.5. The van der Waals surface area contributed by atoms with Crippen LogP contribution in [-0.4, -0.2) is 4.57 Å². The summed E-state index contributed by atoms with van der Waals surface area (Å²) >= 11 is 1.85. The van der Waals surface area contributed by atoms with Crippen molar-refractivity contribution in [3.63, 3.8) is 0 Å². The molecule has 210 valence electrons. The van der Waals surface area contributed by atoms with E-state index in [0.29, 0.717) is 0 Å². The fourth-order valence-electron chi connectivity index (χ4n) is 4.93. The Kier molecular flexibility index (Phi) is 10.4. The first-order valence-electron chi connectivity index (χ1n) is 14.7. The summed E-state index contributed by atoms with van der Waals surface area (Å²) in [7, 11) is 0. The zero-order valence-electron chi connectivity index (χ0n) is 25.4. The van der Waals surface area contributed by atoms with Crippen molar-refractivity contribution in [1.82, 2.24) is 4.57 Å². The van der Waals surface area contributed by atoms with Crippen LogP contribution in [0.25, 0.3) is 43.0 Å². The third-order valence-electron chi connectivity index (χ3n) is 7.90. The Morgan fingerprint density at radius 3 is 2.07 bits per heavy atom. The van der Waals surface area contributed by atoms with Gasteiger partial charge in [0.05, 0.1) is 11.4 Å². The maximum absolute atomic E-state index is 4.43. The number of hydrogen-bond acceptors (Lipinski definition) is 1. The van der Waals surface area contributed by atoms with Gasteiger partial charge in [-0.25, -0.2) is 0 Å². The Bertz CT molecular complexity index is 1600. The third kappa shape index (κ3) is 6.89. The number of rotatable bonds is 8. The fourth-order valence-corrected chi connectivity index (χ4v) is 6.00. The molecule has 41 heavy (non-hydrogen) atoms. The minimum absolute atomic E-state index is 0.935. The van der Waals surface area contributed by atoms with E-state index in [1.165, 1.54) is 55.8 Å². The molecule has 0 unspecified atom stereocenters. The first-order chi connectivity index (χ1) is 19.9. The van der Waals surface area contributed by atoms with Gasteiger partial charge in [-0.15, -0.1) is 11.3 Å². The van der Waals surface area contributed by atoms with Crippen LogP contribution in [-0.2, 0) is 0 Å². The number of allylic oxidation sites excluding steroid dienone is 5. The van der Waals surface area contributed by atoms with Crippen LogP contribution in [0, 0.1) is 19.8 Å². The number of fused-ring (bicyclic) bond motifs is 1. The number of para-hydroxylation sites is 1. The lowest BCUT2D eigenvalue weighted by Crippen LogP contribution is -2.02. The molecule has 0 saturated heterocycles. The Labute approximate surface area is 251 Å². The Balaban J connectivity index is 0.000000585. The van der Waals surface area contributed by atoms with E-state index < -0.39 is 0 Å². The van der Waals surface area contributed by atoms with Gasteiger partial charge in [0.15, 0.2) is 0 Å². The van der Waals surface area contributed by atoms with Crippen LogP contribution in [0.2, 0.25) is 0 Å². The van der Waals surface area contributed by atoms with Crippen molar-refractivity contribution >= 4 is 27.0 Å². The average Bonchev–Trinajstić information content (AvgIpc) is 3.56. The highest BCUT2D eigenvalue weighted by atomic mass is 32.1. The van der Waals surface area contributed by atoms with Crippen LogP contribution in [0.5, 0.6) is 0 Å². The molecule has 0 amide bonds. The summed E-state index contributed by atoms with van der Waals surface area (Å²) in [5, 5.41) is 1.30.